The van der Waals surface area contributed by atoms with E-state index in [0.717, 1.165) is 0 Å². The normalized spacial score (nSPS) is 13.6. The Morgan fingerprint density at radius 2 is 2.12 bits per heavy atom. The molecule has 1 aromatic heterocycles. The molecule has 0 bridgehead atoms. The van der Waals surface area contributed by atoms with Gasteiger partial charge in [-0.05, 0) is 26.8 Å². The molecule has 0 aromatic carbocycles. The minimum Gasteiger partial charge on any atom is -0.465 e. The van der Waals surface area contributed by atoms with E-state index in [1.165, 1.54) is 27.0 Å². The number of hydrogen-bond acceptors (Lipinski definition) is 5. The van der Waals surface area contributed by atoms with Crippen LogP contribution in [0, 0.1) is 6.92 Å². The predicted octanol–water partition coefficient (Wildman–Crippen LogP) is 1.18. The van der Waals surface area contributed by atoms with Crippen LogP contribution in [0.2, 0.25) is 0 Å². The highest BCUT2D eigenvalue weighted by Gasteiger charge is 2.30. The first-order valence-corrected chi connectivity index (χ1v) is 4.86. The molecule has 2 N–H and O–H groups in total. The minimum absolute atomic E-state index is 0.144. The van der Waals surface area contributed by atoms with Gasteiger partial charge in [0.1, 0.15) is 23.2 Å². The van der Waals surface area contributed by atoms with Crippen LogP contribution in [0.4, 0.5) is 0 Å². The number of furan rings is 1. The molecule has 0 aliphatic carbocycles. The van der Waals surface area contributed by atoms with E-state index in [-0.39, 0.29) is 11.3 Å². The number of hydrogen-bond donors (Lipinski definition) is 2. The lowest BCUT2D eigenvalue weighted by atomic mass is 10.00. The molecular weight excluding hydrogens is 212 g/mol. The number of ether oxygens (including phenoxy) is 1. The van der Waals surface area contributed by atoms with Gasteiger partial charge in [0, 0.05) is 0 Å². The van der Waals surface area contributed by atoms with E-state index < -0.39 is 17.7 Å². The van der Waals surface area contributed by atoms with Gasteiger partial charge in [-0.2, -0.15) is 0 Å². The maximum absolute atomic E-state index is 11.3. The first-order chi connectivity index (χ1) is 7.27. The van der Waals surface area contributed by atoms with Crippen molar-refractivity contribution < 1.29 is 24.2 Å². The number of aryl methyl sites for hydroxylation is 1. The summed E-state index contributed by atoms with van der Waals surface area (Å²) in [7, 11) is 1.26. The Morgan fingerprint density at radius 3 is 2.56 bits per heavy atom. The summed E-state index contributed by atoms with van der Waals surface area (Å²) in [4.78, 5) is 11.3. The Kier molecular flexibility index (Phi) is 3.40. The molecule has 0 amide bonds. The molecule has 0 saturated heterocycles. The fraction of sp³-hybridized carbons (Fsp3) is 0.545. The molecule has 1 atom stereocenters. The maximum Gasteiger partial charge on any atom is 0.341 e. The number of aliphatic hydroxyl groups is 2. The smallest absolute Gasteiger partial charge is 0.341 e. The highest BCUT2D eigenvalue weighted by atomic mass is 16.5. The van der Waals surface area contributed by atoms with Gasteiger partial charge in [-0.15, -0.1) is 0 Å². The Bertz CT molecular complexity index is 386. The van der Waals surface area contributed by atoms with E-state index in [2.05, 4.69) is 4.74 Å². The van der Waals surface area contributed by atoms with Gasteiger partial charge >= 0.3 is 5.97 Å². The van der Waals surface area contributed by atoms with Crippen molar-refractivity contribution in [1.82, 2.24) is 0 Å². The van der Waals surface area contributed by atoms with Crippen molar-refractivity contribution in [3.63, 3.8) is 0 Å². The van der Waals surface area contributed by atoms with Crippen molar-refractivity contribution in [3.8, 4) is 0 Å². The van der Waals surface area contributed by atoms with Crippen molar-refractivity contribution in [1.29, 1.82) is 0 Å². The van der Waals surface area contributed by atoms with Crippen LogP contribution in [-0.2, 0) is 4.74 Å². The summed E-state index contributed by atoms with van der Waals surface area (Å²) in [5.41, 5.74) is -1.08. The molecule has 1 rings (SSSR count). The zero-order valence-corrected chi connectivity index (χ0v) is 9.77. The Labute approximate surface area is 93.6 Å². The largest absolute Gasteiger partial charge is 0.465 e. The van der Waals surface area contributed by atoms with Crippen LogP contribution in [0.3, 0.4) is 0 Å². The summed E-state index contributed by atoms with van der Waals surface area (Å²) in [6.45, 7) is 4.49. The fourth-order valence-corrected chi connectivity index (χ4v) is 1.30. The molecule has 0 aliphatic heterocycles. The first kappa shape index (κ1) is 12.7. The molecule has 0 saturated carbocycles. The lowest BCUT2D eigenvalue weighted by Crippen LogP contribution is -2.28. The average molecular weight is 228 g/mol. The number of aliphatic hydroxyl groups excluding tert-OH is 1. The molecule has 90 valence electrons. The molecule has 5 heteroatoms. The van der Waals surface area contributed by atoms with Gasteiger partial charge in [-0.1, -0.05) is 0 Å². The number of carbonyl (C=O) groups excluding carboxylic acids is 1. The van der Waals surface area contributed by atoms with Crippen molar-refractivity contribution in [3.05, 3.63) is 23.2 Å². The third-order valence-corrected chi connectivity index (χ3v) is 2.28. The maximum atomic E-state index is 11.3. The number of esters is 1. The van der Waals surface area contributed by atoms with Gasteiger partial charge in [0.2, 0.25) is 0 Å². The predicted molar refractivity (Wildman–Crippen MR) is 56.0 cm³/mol. The lowest BCUT2D eigenvalue weighted by Gasteiger charge is -2.22. The van der Waals surface area contributed by atoms with E-state index in [4.69, 9.17) is 4.42 Å². The van der Waals surface area contributed by atoms with E-state index in [1.54, 1.807) is 6.92 Å². The summed E-state index contributed by atoms with van der Waals surface area (Å²) in [5, 5.41) is 19.4. The summed E-state index contributed by atoms with van der Waals surface area (Å²) in [5.74, 6) is -0.0361. The van der Waals surface area contributed by atoms with Gasteiger partial charge < -0.3 is 19.4 Å². The van der Waals surface area contributed by atoms with Gasteiger partial charge in [0.25, 0.3) is 0 Å². The summed E-state index contributed by atoms with van der Waals surface area (Å²) in [6.07, 6.45) is -1.19. The van der Waals surface area contributed by atoms with E-state index in [9.17, 15) is 15.0 Å². The van der Waals surface area contributed by atoms with Crippen LogP contribution < -0.4 is 0 Å². The second-order valence-corrected chi connectivity index (χ2v) is 4.17. The molecule has 1 aromatic rings. The molecular formula is C11H16O5. The molecule has 0 fully saturated rings. The third-order valence-electron chi connectivity index (χ3n) is 2.28. The van der Waals surface area contributed by atoms with Gasteiger partial charge in [0.15, 0.2) is 0 Å². The SMILES string of the molecule is COC(=O)c1cc(C(O)C(C)(C)O)oc1C. The third kappa shape index (κ3) is 2.43. The van der Waals surface area contributed by atoms with Gasteiger partial charge in [-0.25, -0.2) is 4.79 Å². The van der Waals surface area contributed by atoms with Crippen molar-refractivity contribution in [2.45, 2.75) is 32.5 Å². The Balaban J connectivity index is 3.06. The molecule has 5 nitrogen and oxygen atoms in total. The quantitative estimate of drug-likeness (QED) is 0.759. The van der Waals surface area contributed by atoms with Gasteiger partial charge in [0.05, 0.1) is 12.7 Å². The molecule has 0 radical (unpaired) electrons. The lowest BCUT2D eigenvalue weighted by molar-refractivity contribution is -0.0596. The number of methoxy groups -OCH3 is 1. The van der Waals surface area contributed by atoms with Crippen LogP contribution in [0.25, 0.3) is 0 Å². The number of carbonyl (C=O) groups is 1. The summed E-state index contributed by atoms with van der Waals surface area (Å²) < 4.78 is 9.77. The monoisotopic (exact) mass is 228 g/mol. The van der Waals surface area contributed by atoms with Crippen molar-refractivity contribution in [2.24, 2.45) is 0 Å². The second kappa shape index (κ2) is 4.27. The van der Waals surface area contributed by atoms with Crippen LogP contribution in [0.5, 0.6) is 0 Å². The molecule has 16 heavy (non-hydrogen) atoms. The highest BCUT2D eigenvalue weighted by Crippen LogP contribution is 2.28. The first-order valence-electron chi connectivity index (χ1n) is 4.86. The zero-order chi connectivity index (χ0) is 12.5. The second-order valence-electron chi connectivity index (χ2n) is 4.17. The summed E-state index contributed by atoms with van der Waals surface area (Å²) in [6, 6.07) is 1.38. The van der Waals surface area contributed by atoms with Crippen LogP contribution in [-0.4, -0.2) is 28.9 Å². The van der Waals surface area contributed by atoms with Crippen LogP contribution in [0.15, 0.2) is 10.5 Å². The minimum atomic E-state index is -1.34. The van der Waals surface area contributed by atoms with Crippen LogP contribution >= 0.6 is 0 Å². The Hall–Kier alpha value is -1.33. The van der Waals surface area contributed by atoms with E-state index in [0.29, 0.717) is 5.76 Å². The number of rotatable bonds is 3. The topological polar surface area (TPSA) is 79.9 Å². The standard InChI is InChI=1S/C11H16O5/c1-6-7(10(13)15-4)5-8(16-6)9(12)11(2,3)14/h5,9,12,14H,1-4H3. The van der Waals surface area contributed by atoms with E-state index in [1.807, 2.05) is 0 Å². The van der Waals surface area contributed by atoms with Crippen molar-refractivity contribution >= 4 is 5.97 Å². The average Bonchev–Trinajstić information content (AvgIpc) is 2.56. The molecule has 0 aliphatic rings. The summed E-state index contributed by atoms with van der Waals surface area (Å²) >= 11 is 0. The zero-order valence-electron chi connectivity index (χ0n) is 9.77. The van der Waals surface area contributed by atoms with E-state index >= 15 is 0 Å². The molecule has 1 heterocycles. The molecule has 1 unspecified atom stereocenters. The Morgan fingerprint density at radius 1 is 1.56 bits per heavy atom. The van der Waals surface area contributed by atoms with Crippen molar-refractivity contribution in [2.75, 3.05) is 7.11 Å². The highest BCUT2D eigenvalue weighted by molar-refractivity contribution is 5.90. The van der Waals surface area contributed by atoms with Crippen LogP contribution in [0.1, 0.15) is 41.8 Å². The fourth-order valence-electron chi connectivity index (χ4n) is 1.30. The molecule has 0 spiro atoms. The van der Waals surface area contributed by atoms with Gasteiger partial charge in [-0.3, -0.25) is 0 Å².